The molecule has 2 rings (SSSR count). The number of carbonyl (C=O) groups is 1. The second-order valence-corrected chi connectivity index (χ2v) is 5.73. The van der Waals surface area contributed by atoms with Gasteiger partial charge in [-0.25, -0.2) is 0 Å². The number of fused-ring (bicyclic) bond motifs is 1. The number of carbonyl (C=O) groups excluding carboxylic acids is 1. The molecule has 12 heavy (non-hydrogen) atoms. The van der Waals surface area contributed by atoms with Gasteiger partial charge >= 0.3 is 0 Å². The number of Topliss-reactive ketones (excluding diaryl/α,β-unsaturated/α-hetero) is 1. The van der Waals surface area contributed by atoms with Gasteiger partial charge in [-0.3, -0.25) is 4.79 Å². The van der Waals surface area contributed by atoms with Gasteiger partial charge in [0.15, 0.2) is 0 Å². The molecule has 0 aromatic rings. The van der Waals surface area contributed by atoms with Gasteiger partial charge in [0.05, 0.1) is 0 Å². The van der Waals surface area contributed by atoms with E-state index >= 15 is 0 Å². The summed E-state index contributed by atoms with van der Waals surface area (Å²) in [6.07, 6.45) is 4.49. The summed E-state index contributed by atoms with van der Waals surface area (Å²) >= 11 is 0. The molecule has 68 valence electrons. The molecule has 2 aliphatic rings. The number of hydrogen-bond acceptors (Lipinski definition) is 1. The van der Waals surface area contributed by atoms with Gasteiger partial charge in [0, 0.05) is 12.3 Å². The van der Waals surface area contributed by atoms with E-state index in [1.165, 1.54) is 12.8 Å². The second kappa shape index (κ2) is 2.12. The van der Waals surface area contributed by atoms with E-state index in [1.54, 1.807) is 0 Å². The van der Waals surface area contributed by atoms with Gasteiger partial charge in [0.2, 0.25) is 0 Å². The first-order valence-corrected chi connectivity index (χ1v) is 4.96. The van der Waals surface area contributed by atoms with E-state index in [0.717, 1.165) is 12.8 Å². The van der Waals surface area contributed by atoms with E-state index in [9.17, 15) is 4.79 Å². The first-order valence-electron chi connectivity index (χ1n) is 4.96. The van der Waals surface area contributed by atoms with Crippen LogP contribution in [0.25, 0.3) is 0 Å². The average Bonchev–Trinajstić information content (AvgIpc) is 1.79. The maximum absolute atomic E-state index is 11.7. The van der Waals surface area contributed by atoms with Crippen molar-refractivity contribution < 1.29 is 4.79 Å². The van der Waals surface area contributed by atoms with Crippen LogP contribution in [0.1, 0.15) is 46.5 Å². The molecular weight excluding hydrogens is 148 g/mol. The fraction of sp³-hybridized carbons (Fsp3) is 0.909. The Kier molecular flexibility index (Phi) is 1.47. The minimum absolute atomic E-state index is 0.267. The van der Waals surface area contributed by atoms with E-state index in [2.05, 4.69) is 20.8 Å². The molecule has 2 atom stereocenters. The molecule has 0 aromatic heterocycles. The van der Waals surface area contributed by atoms with E-state index < -0.39 is 0 Å². The Morgan fingerprint density at radius 2 is 2.00 bits per heavy atom. The highest BCUT2D eigenvalue weighted by Crippen LogP contribution is 2.58. The van der Waals surface area contributed by atoms with Crippen molar-refractivity contribution >= 4 is 5.78 Å². The fourth-order valence-corrected chi connectivity index (χ4v) is 3.29. The maximum atomic E-state index is 11.7. The van der Waals surface area contributed by atoms with Crippen molar-refractivity contribution in [3.05, 3.63) is 0 Å². The van der Waals surface area contributed by atoms with Crippen LogP contribution in [0.4, 0.5) is 0 Å². The van der Waals surface area contributed by atoms with Crippen LogP contribution < -0.4 is 0 Å². The molecule has 0 aliphatic heterocycles. The standard InChI is InChI=1S/C11H18O/c1-10(2)6-9(12)8-4-5-11(8,3)7-10/h8H,4-7H2,1-3H3/t8-,11+/m1/s1. The summed E-state index contributed by atoms with van der Waals surface area (Å²) < 4.78 is 0. The molecule has 0 unspecified atom stereocenters. The third-order valence-electron chi connectivity index (χ3n) is 3.77. The van der Waals surface area contributed by atoms with Gasteiger partial charge in [-0.1, -0.05) is 20.8 Å². The molecule has 0 N–H and O–H groups in total. The van der Waals surface area contributed by atoms with Crippen LogP contribution >= 0.6 is 0 Å². The van der Waals surface area contributed by atoms with E-state index in [0.29, 0.717) is 17.1 Å². The SMILES string of the molecule is CC1(C)CC(=O)[C@H]2CC[C@@]2(C)C1. The van der Waals surface area contributed by atoms with Crippen LogP contribution in [0.2, 0.25) is 0 Å². The van der Waals surface area contributed by atoms with E-state index in [1.807, 2.05) is 0 Å². The first kappa shape index (κ1) is 8.28. The average molecular weight is 166 g/mol. The van der Waals surface area contributed by atoms with Gasteiger partial charge in [0.25, 0.3) is 0 Å². The Balaban J connectivity index is 2.22. The molecule has 1 nitrogen and oxygen atoms in total. The second-order valence-electron chi connectivity index (χ2n) is 5.73. The van der Waals surface area contributed by atoms with Gasteiger partial charge in [0.1, 0.15) is 5.78 Å². The summed E-state index contributed by atoms with van der Waals surface area (Å²) in [6.45, 7) is 6.75. The lowest BCUT2D eigenvalue weighted by Crippen LogP contribution is -2.50. The summed E-state index contributed by atoms with van der Waals surface area (Å²) in [5.41, 5.74) is 0.640. The molecule has 0 heterocycles. The summed E-state index contributed by atoms with van der Waals surface area (Å²) in [7, 11) is 0. The molecule has 2 saturated carbocycles. The van der Waals surface area contributed by atoms with Gasteiger partial charge < -0.3 is 0 Å². The predicted molar refractivity (Wildman–Crippen MR) is 48.9 cm³/mol. The zero-order chi connectivity index (χ0) is 8.98. The zero-order valence-electron chi connectivity index (χ0n) is 8.31. The predicted octanol–water partition coefficient (Wildman–Crippen LogP) is 2.79. The van der Waals surface area contributed by atoms with Crippen LogP contribution in [-0.4, -0.2) is 5.78 Å². The van der Waals surface area contributed by atoms with Crippen LogP contribution in [0.15, 0.2) is 0 Å². The third kappa shape index (κ3) is 1.02. The highest BCUT2D eigenvalue weighted by atomic mass is 16.1. The molecule has 0 amide bonds. The fourth-order valence-electron chi connectivity index (χ4n) is 3.29. The van der Waals surface area contributed by atoms with Crippen molar-refractivity contribution in [2.24, 2.45) is 16.7 Å². The van der Waals surface area contributed by atoms with Crippen molar-refractivity contribution in [3.8, 4) is 0 Å². The topological polar surface area (TPSA) is 17.1 Å². The number of ketones is 1. The Hall–Kier alpha value is -0.330. The quantitative estimate of drug-likeness (QED) is 0.541. The van der Waals surface area contributed by atoms with Crippen LogP contribution in [0.5, 0.6) is 0 Å². The summed E-state index contributed by atoms with van der Waals surface area (Å²) in [5.74, 6) is 0.950. The van der Waals surface area contributed by atoms with Gasteiger partial charge in [-0.15, -0.1) is 0 Å². The Bertz CT molecular complexity index is 229. The summed E-state index contributed by atoms with van der Waals surface area (Å²) in [4.78, 5) is 11.7. The molecule has 0 aromatic carbocycles. The van der Waals surface area contributed by atoms with Crippen LogP contribution in [0.3, 0.4) is 0 Å². The van der Waals surface area contributed by atoms with Crippen molar-refractivity contribution in [3.63, 3.8) is 0 Å². The minimum atomic E-state index is 0.267. The zero-order valence-corrected chi connectivity index (χ0v) is 8.31. The van der Waals surface area contributed by atoms with Crippen molar-refractivity contribution in [2.45, 2.75) is 46.5 Å². The lowest BCUT2D eigenvalue weighted by Gasteiger charge is -2.54. The van der Waals surface area contributed by atoms with Gasteiger partial charge in [-0.2, -0.15) is 0 Å². The number of hydrogen-bond donors (Lipinski definition) is 0. The van der Waals surface area contributed by atoms with Crippen molar-refractivity contribution in [1.82, 2.24) is 0 Å². The highest BCUT2D eigenvalue weighted by Gasteiger charge is 2.53. The Morgan fingerprint density at radius 1 is 1.33 bits per heavy atom. The minimum Gasteiger partial charge on any atom is -0.299 e. The number of rotatable bonds is 0. The smallest absolute Gasteiger partial charge is 0.137 e. The lowest BCUT2D eigenvalue weighted by molar-refractivity contribution is -0.145. The molecule has 2 aliphatic carbocycles. The van der Waals surface area contributed by atoms with Crippen LogP contribution in [0, 0.1) is 16.7 Å². The molecule has 2 fully saturated rings. The largest absolute Gasteiger partial charge is 0.299 e. The van der Waals surface area contributed by atoms with Crippen LogP contribution in [-0.2, 0) is 4.79 Å². The third-order valence-corrected chi connectivity index (χ3v) is 3.77. The van der Waals surface area contributed by atoms with Crippen molar-refractivity contribution in [1.29, 1.82) is 0 Å². The molecule has 0 radical (unpaired) electrons. The molecule has 0 saturated heterocycles. The first-order chi connectivity index (χ1) is 5.43. The van der Waals surface area contributed by atoms with Crippen molar-refractivity contribution in [2.75, 3.05) is 0 Å². The van der Waals surface area contributed by atoms with Gasteiger partial charge in [-0.05, 0) is 30.1 Å². The van der Waals surface area contributed by atoms with E-state index in [-0.39, 0.29) is 5.41 Å². The maximum Gasteiger partial charge on any atom is 0.137 e. The lowest BCUT2D eigenvalue weighted by atomic mass is 9.49. The molecular formula is C11H18O. The summed E-state index contributed by atoms with van der Waals surface area (Å²) in [5, 5.41) is 0. The summed E-state index contributed by atoms with van der Waals surface area (Å²) in [6, 6.07) is 0. The van der Waals surface area contributed by atoms with E-state index in [4.69, 9.17) is 0 Å². The highest BCUT2D eigenvalue weighted by molar-refractivity contribution is 5.84. The molecule has 1 heteroatoms. The normalized spacial score (nSPS) is 44.9. The monoisotopic (exact) mass is 166 g/mol. The Morgan fingerprint density at radius 3 is 2.42 bits per heavy atom. The Labute approximate surface area is 74.5 Å². The molecule has 0 spiro atoms. The molecule has 0 bridgehead atoms.